The standard InChI is InChI=1S/C17H19N3O3/c1-22-17-18-10-7-15(19-17)23-14-8-11-20(12-9-14)16(21)13-5-3-2-4-6-13/h2-7,10,14H,8-9,11-12H2,1H3. The van der Waals surface area contributed by atoms with Crippen LogP contribution in [0, 0.1) is 0 Å². The van der Waals surface area contributed by atoms with E-state index >= 15 is 0 Å². The van der Waals surface area contributed by atoms with Crippen molar-refractivity contribution >= 4 is 5.91 Å². The molecule has 1 aliphatic heterocycles. The van der Waals surface area contributed by atoms with Crippen molar-refractivity contribution < 1.29 is 14.3 Å². The van der Waals surface area contributed by atoms with Crippen molar-refractivity contribution in [2.45, 2.75) is 18.9 Å². The van der Waals surface area contributed by atoms with E-state index in [9.17, 15) is 4.79 Å². The van der Waals surface area contributed by atoms with Crippen molar-refractivity contribution in [1.29, 1.82) is 0 Å². The van der Waals surface area contributed by atoms with Crippen LogP contribution in [0.4, 0.5) is 0 Å². The lowest BCUT2D eigenvalue weighted by Gasteiger charge is -2.32. The molecule has 0 unspecified atom stereocenters. The van der Waals surface area contributed by atoms with E-state index in [0.717, 1.165) is 18.4 Å². The van der Waals surface area contributed by atoms with Crippen LogP contribution in [0.2, 0.25) is 0 Å². The monoisotopic (exact) mass is 313 g/mol. The largest absolute Gasteiger partial charge is 0.474 e. The molecule has 0 radical (unpaired) electrons. The number of ether oxygens (including phenoxy) is 2. The van der Waals surface area contributed by atoms with Crippen LogP contribution in [0.1, 0.15) is 23.2 Å². The Bertz CT molecular complexity index is 655. The normalized spacial score (nSPS) is 15.3. The third kappa shape index (κ3) is 3.77. The number of nitrogens with zero attached hydrogens (tertiary/aromatic N) is 3. The van der Waals surface area contributed by atoms with Crippen molar-refractivity contribution in [2.24, 2.45) is 0 Å². The fraction of sp³-hybridized carbons (Fsp3) is 0.353. The van der Waals surface area contributed by atoms with Gasteiger partial charge in [0, 0.05) is 43.8 Å². The molecule has 0 aliphatic carbocycles. The second-order valence-corrected chi connectivity index (χ2v) is 5.36. The average molecular weight is 313 g/mol. The summed E-state index contributed by atoms with van der Waals surface area (Å²) in [5, 5.41) is 0. The Morgan fingerprint density at radius 3 is 2.61 bits per heavy atom. The molecule has 120 valence electrons. The molecule has 0 saturated carbocycles. The van der Waals surface area contributed by atoms with Gasteiger partial charge in [0.15, 0.2) is 0 Å². The number of amides is 1. The summed E-state index contributed by atoms with van der Waals surface area (Å²) in [5.74, 6) is 0.581. The van der Waals surface area contributed by atoms with E-state index in [1.807, 2.05) is 35.2 Å². The first kappa shape index (κ1) is 15.3. The first-order valence-electron chi connectivity index (χ1n) is 7.64. The summed E-state index contributed by atoms with van der Waals surface area (Å²) < 4.78 is 10.8. The molecular formula is C17H19N3O3. The van der Waals surface area contributed by atoms with Crippen molar-refractivity contribution in [3.8, 4) is 11.9 Å². The third-order valence-electron chi connectivity index (χ3n) is 3.83. The molecule has 1 aromatic heterocycles. The molecule has 23 heavy (non-hydrogen) atoms. The van der Waals surface area contributed by atoms with Gasteiger partial charge in [-0.3, -0.25) is 4.79 Å². The van der Waals surface area contributed by atoms with E-state index in [2.05, 4.69) is 9.97 Å². The summed E-state index contributed by atoms with van der Waals surface area (Å²) in [6, 6.07) is 11.4. The molecule has 1 saturated heterocycles. The van der Waals surface area contributed by atoms with Crippen molar-refractivity contribution in [3.63, 3.8) is 0 Å². The highest BCUT2D eigenvalue weighted by Gasteiger charge is 2.24. The second kappa shape index (κ2) is 7.09. The Morgan fingerprint density at radius 1 is 1.17 bits per heavy atom. The zero-order valence-electron chi connectivity index (χ0n) is 13.0. The minimum Gasteiger partial charge on any atom is -0.474 e. The van der Waals surface area contributed by atoms with Crippen LogP contribution in [-0.4, -0.2) is 47.1 Å². The van der Waals surface area contributed by atoms with Crippen LogP contribution in [0.3, 0.4) is 0 Å². The van der Waals surface area contributed by atoms with Gasteiger partial charge in [0.05, 0.1) is 7.11 Å². The van der Waals surface area contributed by atoms with Gasteiger partial charge in [0.1, 0.15) is 6.10 Å². The molecular weight excluding hydrogens is 294 g/mol. The molecule has 6 heteroatoms. The maximum Gasteiger partial charge on any atom is 0.319 e. The van der Waals surface area contributed by atoms with Gasteiger partial charge < -0.3 is 14.4 Å². The molecule has 0 spiro atoms. The molecule has 1 aromatic carbocycles. The lowest BCUT2D eigenvalue weighted by Crippen LogP contribution is -2.41. The van der Waals surface area contributed by atoms with E-state index in [-0.39, 0.29) is 12.0 Å². The van der Waals surface area contributed by atoms with Crippen molar-refractivity contribution in [2.75, 3.05) is 20.2 Å². The van der Waals surface area contributed by atoms with Gasteiger partial charge in [-0.1, -0.05) is 18.2 Å². The van der Waals surface area contributed by atoms with Crippen LogP contribution >= 0.6 is 0 Å². The van der Waals surface area contributed by atoms with Gasteiger partial charge in [-0.15, -0.1) is 0 Å². The van der Waals surface area contributed by atoms with E-state index < -0.39 is 0 Å². The molecule has 2 heterocycles. The van der Waals surface area contributed by atoms with Gasteiger partial charge in [-0.2, -0.15) is 4.98 Å². The molecule has 3 rings (SSSR count). The summed E-state index contributed by atoms with van der Waals surface area (Å²) in [4.78, 5) is 22.4. The fourth-order valence-corrected chi connectivity index (χ4v) is 2.60. The predicted octanol–water partition coefficient (Wildman–Crippen LogP) is 2.17. The molecule has 1 aliphatic rings. The third-order valence-corrected chi connectivity index (χ3v) is 3.83. The second-order valence-electron chi connectivity index (χ2n) is 5.36. The molecule has 0 bridgehead atoms. The molecule has 1 fully saturated rings. The Morgan fingerprint density at radius 2 is 1.91 bits per heavy atom. The summed E-state index contributed by atoms with van der Waals surface area (Å²) in [6.45, 7) is 1.36. The highest BCUT2D eigenvalue weighted by atomic mass is 16.5. The van der Waals surface area contributed by atoms with E-state index in [4.69, 9.17) is 9.47 Å². The van der Waals surface area contributed by atoms with Crippen LogP contribution in [0.25, 0.3) is 0 Å². The number of hydrogen-bond donors (Lipinski definition) is 0. The number of hydrogen-bond acceptors (Lipinski definition) is 5. The Labute approximate surface area is 135 Å². The molecule has 1 amide bonds. The number of methoxy groups -OCH3 is 1. The van der Waals surface area contributed by atoms with Crippen LogP contribution in [-0.2, 0) is 0 Å². The lowest BCUT2D eigenvalue weighted by atomic mass is 10.1. The molecule has 6 nitrogen and oxygen atoms in total. The minimum absolute atomic E-state index is 0.0504. The van der Waals surface area contributed by atoms with Crippen molar-refractivity contribution in [1.82, 2.24) is 14.9 Å². The fourth-order valence-electron chi connectivity index (χ4n) is 2.60. The maximum atomic E-state index is 12.4. The van der Waals surface area contributed by atoms with E-state index in [0.29, 0.717) is 25.0 Å². The Hall–Kier alpha value is -2.63. The number of likely N-dealkylation sites (tertiary alicyclic amines) is 1. The summed E-state index contributed by atoms with van der Waals surface area (Å²) in [5.41, 5.74) is 0.729. The van der Waals surface area contributed by atoms with Crippen LogP contribution in [0.15, 0.2) is 42.6 Å². The number of carbonyl (C=O) groups excluding carboxylic acids is 1. The highest BCUT2D eigenvalue weighted by Crippen LogP contribution is 2.19. The van der Waals surface area contributed by atoms with Crippen LogP contribution in [0.5, 0.6) is 11.9 Å². The van der Waals surface area contributed by atoms with Gasteiger partial charge in [0.25, 0.3) is 5.91 Å². The van der Waals surface area contributed by atoms with Crippen molar-refractivity contribution in [3.05, 3.63) is 48.2 Å². The smallest absolute Gasteiger partial charge is 0.319 e. The number of rotatable bonds is 4. The average Bonchev–Trinajstić information content (AvgIpc) is 2.63. The number of piperidine rings is 1. The summed E-state index contributed by atoms with van der Waals surface area (Å²) in [6.07, 6.45) is 3.22. The Balaban J connectivity index is 1.55. The van der Waals surface area contributed by atoms with Gasteiger partial charge in [0.2, 0.25) is 5.88 Å². The van der Waals surface area contributed by atoms with Gasteiger partial charge in [-0.05, 0) is 12.1 Å². The first-order valence-corrected chi connectivity index (χ1v) is 7.64. The SMILES string of the molecule is COc1nccc(OC2CCN(C(=O)c3ccccc3)CC2)n1. The maximum absolute atomic E-state index is 12.4. The van der Waals surface area contributed by atoms with Gasteiger partial charge in [-0.25, -0.2) is 4.98 Å². The Kier molecular flexibility index (Phi) is 4.71. The minimum atomic E-state index is 0.0504. The predicted molar refractivity (Wildman–Crippen MR) is 84.6 cm³/mol. The van der Waals surface area contributed by atoms with E-state index in [1.54, 1.807) is 12.3 Å². The number of carbonyl (C=O) groups is 1. The number of benzene rings is 1. The summed E-state index contributed by atoms with van der Waals surface area (Å²) in [7, 11) is 1.52. The molecule has 0 atom stereocenters. The van der Waals surface area contributed by atoms with Gasteiger partial charge >= 0.3 is 6.01 Å². The van der Waals surface area contributed by atoms with Crippen LogP contribution < -0.4 is 9.47 Å². The molecule has 2 aromatic rings. The van der Waals surface area contributed by atoms with E-state index in [1.165, 1.54) is 7.11 Å². The highest BCUT2D eigenvalue weighted by molar-refractivity contribution is 5.94. The molecule has 0 N–H and O–H groups in total. The summed E-state index contributed by atoms with van der Waals surface area (Å²) >= 11 is 0. The quantitative estimate of drug-likeness (QED) is 0.865. The topological polar surface area (TPSA) is 64.6 Å². The zero-order chi connectivity index (χ0) is 16.1. The number of aromatic nitrogens is 2. The lowest BCUT2D eigenvalue weighted by molar-refractivity contribution is 0.0586. The first-order chi connectivity index (χ1) is 11.3. The zero-order valence-corrected chi connectivity index (χ0v) is 13.0.